The quantitative estimate of drug-likeness (QED) is 0.0280. The van der Waals surface area contributed by atoms with Crippen molar-refractivity contribution in [2.24, 2.45) is 0 Å². The molecule has 0 spiro atoms. The van der Waals surface area contributed by atoms with Gasteiger partial charge in [0.2, 0.25) is 17.7 Å². The summed E-state index contributed by atoms with van der Waals surface area (Å²) in [6, 6.07) is 4.53. The van der Waals surface area contributed by atoms with E-state index < -0.39 is 59.7 Å². The molecule has 0 saturated carbocycles. The first kappa shape index (κ1) is 69.6. The van der Waals surface area contributed by atoms with Crippen molar-refractivity contribution in [3.63, 3.8) is 0 Å². The Balaban J connectivity index is 1.42. The van der Waals surface area contributed by atoms with Crippen molar-refractivity contribution in [3.8, 4) is 12.3 Å². The lowest BCUT2D eigenvalue weighted by atomic mass is 9.98. The first-order valence-electron chi connectivity index (χ1n) is 28.1. The van der Waals surface area contributed by atoms with E-state index in [2.05, 4.69) is 27.9 Å². The Morgan fingerprint density at radius 3 is 1.09 bits per heavy atom. The maximum absolute atomic E-state index is 13.4. The maximum atomic E-state index is 13.4. The van der Waals surface area contributed by atoms with Crippen LogP contribution in [0.2, 0.25) is 0 Å². The average molecular weight is 1160 g/mol. The molecule has 27 nitrogen and oxygen atoms in total. The van der Waals surface area contributed by atoms with E-state index in [1.54, 1.807) is 43.2 Å². The number of carboxylic acid groups (broad SMARTS) is 6. The van der Waals surface area contributed by atoms with Crippen LogP contribution in [0.5, 0.6) is 0 Å². The standard InChI is InChI=1S/C55H87N11O16/c1-4-43-30-44(10-6-5-7-12-46(67)33-57-54(81)41(2)65-26-22-61(37-50(73)74)18-14-59(35-48(69)70)15-19-62(23-27-65)38-51(75)76)32-45(31-43)11-8-9-13-56-47(68)34-58-55(82)42(3)66-28-24-63(39-52(77)78)20-16-60(36-49(71)72)17-21-64(25-29-66)40-53(79)80/h1,30-32,41-42H,5-29,33-40H2,2-3H3,(H,56,68)(H,57,81)(H,58,82)(H,69,70)(H,71,72)(H,73,74)(H,75,76)(H,77,78)(H,79,80). The van der Waals surface area contributed by atoms with Gasteiger partial charge in [0.05, 0.1) is 64.4 Å². The largest absolute Gasteiger partial charge is 0.480 e. The molecule has 2 saturated heterocycles. The monoisotopic (exact) mass is 1160 g/mol. The fraction of sp³-hybridized carbons (Fsp3) is 0.673. The molecule has 2 aliphatic rings. The Morgan fingerprint density at radius 1 is 0.439 bits per heavy atom. The third kappa shape index (κ3) is 29.9. The van der Waals surface area contributed by atoms with Gasteiger partial charge in [0.1, 0.15) is 0 Å². The van der Waals surface area contributed by atoms with Gasteiger partial charge in [-0.3, -0.25) is 87.1 Å². The number of carbonyl (C=O) groups is 10. The number of unbranched alkanes of at least 4 members (excludes halogenated alkanes) is 3. The molecule has 458 valence electrons. The summed E-state index contributed by atoms with van der Waals surface area (Å²) in [5.74, 6) is -4.98. The summed E-state index contributed by atoms with van der Waals surface area (Å²) < 4.78 is 0. The highest BCUT2D eigenvalue weighted by Gasteiger charge is 2.28. The second-order valence-corrected chi connectivity index (χ2v) is 21.0. The first-order chi connectivity index (χ1) is 39.0. The molecule has 0 bridgehead atoms. The Morgan fingerprint density at radius 2 is 0.756 bits per heavy atom. The van der Waals surface area contributed by atoms with E-state index in [0.717, 1.165) is 42.4 Å². The summed E-state index contributed by atoms with van der Waals surface area (Å²) in [5.41, 5.74) is 2.84. The molecule has 1 aromatic carbocycles. The minimum atomic E-state index is -1.06. The molecular weight excluding hydrogens is 1070 g/mol. The van der Waals surface area contributed by atoms with E-state index in [9.17, 15) is 78.6 Å². The zero-order chi connectivity index (χ0) is 60.6. The molecule has 0 aliphatic carbocycles. The highest BCUT2D eigenvalue weighted by molar-refractivity contribution is 5.88. The fourth-order valence-corrected chi connectivity index (χ4v) is 9.75. The lowest BCUT2D eigenvalue weighted by Crippen LogP contribution is -2.53. The summed E-state index contributed by atoms with van der Waals surface area (Å²) >= 11 is 0. The smallest absolute Gasteiger partial charge is 0.317 e. The van der Waals surface area contributed by atoms with Gasteiger partial charge in [-0.25, -0.2) is 0 Å². The van der Waals surface area contributed by atoms with Gasteiger partial charge in [-0.2, -0.15) is 0 Å². The molecule has 0 radical (unpaired) electrons. The van der Waals surface area contributed by atoms with Crippen LogP contribution in [0.1, 0.15) is 69.1 Å². The Bertz CT molecular complexity index is 2110. The lowest BCUT2D eigenvalue weighted by Gasteiger charge is -2.35. The number of terminal acetylenes is 1. The maximum Gasteiger partial charge on any atom is 0.317 e. The van der Waals surface area contributed by atoms with Gasteiger partial charge >= 0.3 is 35.8 Å². The van der Waals surface area contributed by atoms with Gasteiger partial charge in [-0.05, 0) is 75.6 Å². The van der Waals surface area contributed by atoms with E-state index in [-0.39, 0.29) is 175 Å². The van der Waals surface area contributed by atoms with Crippen molar-refractivity contribution in [1.82, 2.24) is 55.1 Å². The van der Waals surface area contributed by atoms with Gasteiger partial charge in [-0.15, -0.1) is 6.42 Å². The Hall–Kier alpha value is -6.64. The third-order valence-electron chi connectivity index (χ3n) is 14.5. The molecule has 3 amide bonds. The second-order valence-electron chi connectivity index (χ2n) is 21.0. The molecule has 1 aromatic rings. The van der Waals surface area contributed by atoms with Crippen LogP contribution >= 0.6 is 0 Å². The van der Waals surface area contributed by atoms with E-state index in [0.29, 0.717) is 25.8 Å². The average Bonchev–Trinajstić information content (AvgIpc) is 3.43. The van der Waals surface area contributed by atoms with Crippen molar-refractivity contribution < 1.29 is 78.6 Å². The molecule has 0 aromatic heterocycles. The van der Waals surface area contributed by atoms with Gasteiger partial charge in [0.15, 0.2) is 5.78 Å². The zero-order valence-corrected chi connectivity index (χ0v) is 47.6. The van der Waals surface area contributed by atoms with Gasteiger partial charge in [0, 0.05) is 123 Å². The highest BCUT2D eigenvalue weighted by Crippen LogP contribution is 2.16. The summed E-state index contributed by atoms with van der Waals surface area (Å²) in [6.45, 7) is 5.49. The number of aliphatic carboxylic acids is 6. The Labute approximate surface area is 479 Å². The number of hydrogen-bond acceptors (Lipinski definition) is 18. The minimum absolute atomic E-state index is 0.137. The van der Waals surface area contributed by atoms with Crippen molar-refractivity contribution in [3.05, 3.63) is 34.9 Å². The molecule has 3 rings (SSSR count). The summed E-state index contributed by atoms with van der Waals surface area (Å²) in [4.78, 5) is 136. The molecule has 2 atom stereocenters. The summed E-state index contributed by atoms with van der Waals surface area (Å²) in [6.07, 6.45) is 11.0. The number of hydrogen-bond donors (Lipinski definition) is 9. The fourth-order valence-electron chi connectivity index (χ4n) is 9.75. The van der Waals surface area contributed by atoms with Crippen LogP contribution in [-0.2, 0) is 60.8 Å². The number of benzene rings is 1. The van der Waals surface area contributed by atoms with Crippen LogP contribution in [0.15, 0.2) is 18.2 Å². The van der Waals surface area contributed by atoms with Crippen LogP contribution in [0.4, 0.5) is 0 Å². The van der Waals surface area contributed by atoms with Crippen LogP contribution in [0.25, 0.3) is 0 Å². The molecule has 2 fully saturated rings. The van der Waals surface area contributed by atoms with E-state index in [1.807, 2.05) is 21.9 Å². The topological polar surface area (TPSA) is 354 Å². The number of amides is 3. The minimum Gasteiger partial charge on any atom is -0.480 e. The first-order valence-corrected chi connectivity index (χ1v) is 28.1. The number of nitrogens with one attached hydrogen (secondary N) is 3. The van der Waals surface area contributed by atoms with E-state index in [4.69, 9.17) is 6.42 Å². The lowest BCUT2D eigenvalue weighted by molar-refractivity contribution is -0.141. The number of Topliss-reactive ketones (excluding diaryl/α,β-unsaturated/α-hetero) is 1. The SMILES string of the molecule is C#Cc1cc(CCCCCC(=O)CNC(=O)C(C)N2CCN(CC(=O)O)CCN(CC(=O)O)CCN(CC(=O)O)CC2)cc(CCCCNC(=O)CNC(=O)C(C)N2CCN(CC(=O)O)CCN(CC(=O)O)CCN(CC(=O)O)CC2)c1. The number of carbonyl (C=O) groups excluding carboxylic acids is 4. The number of ketones is 1. The van der Waals surface area contributed by atoms with Crippen molar-refractivity contribution in [1.29, 1.82) is 0 Å². The predicted molar refractivity (Wildman–Crippen MR) is 300 cm³/mol. The van der Waals surface area contributed by atoms with Crippen molar-refractivity contribution in [2.45, 2.75) is 77.3 Å². The summed E-state index contributed by atoms with van der Waals surface area (Å²) in [7, 11) is 0. The van der Waals surface area contributed by atoms with E-state index >= 15 is 0 Å². The van der Waals surface area contributed by atoms with E-state index in [1.165, 1.54) is 0 Å². The van der Waals surface area contributed by atoms with Gasteiger partial charge in [0.25, 0.3) is 0 Å². The molecule has 82 heavy (non-hydrogen) atoms. The Kier molecular flexibility index (Phi) is 32.4. The van der Waals surface area contributed by atoms with Crippen LogP contribution in [-0.4, -0.2) is 305 Å². The number of carboxylic acids is 6. The molecule has 2 aliphatic heterocycles. The number of nitrogens with zero attached hydrogens (tertiary/aromatic N) is 8. The number of aryl methyl sites for hydroxylation is 2. The summed E-state index contributed by atoms with van der Waals surface area (Å²) in [5, 5.41) is 65.2. The molecular formula is C55H87N11O16. The molecule has 2 unspecified atom stereocenters. The van der Waals surface area contributed by atoms with Crippen LogP contribution in [0.3, 0.4) is 0 Å². The van der Waals surface area contributed by atoms with Crippen LogP contribution in [0, 0.1) is 12.3 Å². The molecule has 9 N–H and O–H groups in total. The normalized spacial score (nSPS) is 17.7. The molecule has 27 heteroatoms. The van der Waals surface area contributed by atoms with Gasteiger partial charge in [-0.1, -0.05) is 18.4 Å². The predicted octanol–water partition coefficient (Wildman–Crippen LogP) is -2.26. The van der Waals surface area contributed by atoms with Crippen LogP contribution < -0.4 is 16.0 Å². The number of rotatable bonds is 31. The highest BCUT2D eigenvalue weighted by atomic mass is 16.4. The van der Waals surface area contributed by atoms with Crippen molar-refractivity contribution >= 4 is 59.3 Å². The molecule has 2 heterocycles. The zero-order valence-electron chi connectivity index (χ0n) is 47.6. The third-order valence-corrected chi connectivity index (χ3v) is 14.5. The van der Waals surface area contributed by atoms with Crippen molar-refractivity contribution in [2.75, 3.05) is 164 Å². The van der Waals surface area contributed by atoms with Gasteiger partial charge < -0.3 is 46.6 Å². The second kappa shape index (κ2) is 38.2.